The van der Waals surface area contributed by atoms with E-state index in [2.05, 4.69) is 20.6 Å². The molecule has 2 aromatic carbocycles. The molecular weight excluding hydrogens is 352 g/mol. The molecule has 0 unspecified atom stereocenters. The van der Waals surface area contributed by atoms with Gasteiger partial charge in [0.2, 0.25) is 0 Å². The van der Waals surface area contributed by atoms with Gasteiger partial charge in [-0.15, -0.1) is 0 Å². The molecule has 6 nitrogen and oxygen atoms in total. The predicted molar refractivity (Wildman–Crippen MR) is 100 cm³/mol. The lowest BCUT2D eigenvalue weighted by Crippen LogP contribution is -2.14. The van der Waals surface area contributed by atoms with Gasteiger partial charge in [0, 0.05) is 37.6 Å². The van der Waals surface area contributed by atoms with E-state index in [1.54, 1.807) is 12.1 Å². The Bertz CT molecular complexity index is 961. The molecule has 1 aromatic heterocycles. The van der Waals surface area contributed by atoms with Crippen LogP contribution in [0.2, 0.25) is 0 Å². The summed E-state index contributed by atoms with van der Waals surface area (Å²) in [5.74, 6) is -1.66. The van der Waals surface area contributed by atoms with Crippen LogP contribution in [0, 0.1) is 11.6 Å². The Morgan fingerprint density at radius 2 is 1.74 bits per heavy atom. The van der Waals surface area contributed by atoms with Gasteiger partial charge >= 0.3 is 0 Å². The van der Waals surface area contributed by atoms with Crippen LogP contribution in [0.15, 0.2) is 54.9 Å². The van der Waals surface area contributed by atoms with E-state index in [4.69, 9.17) is 0 Å². The van der Waals surface area contributed by atoms with E-state index in [1.165, 1.54) is 18.5 Å². The van der Waals surface area contributed by atoms with Gasteiger partial charge in [-0.05, 0) is 36.4 Å². The zero-order valence-corrected chi connectivity index (χ0v) is 14.7. The summed E-state index contributed by atoms with van der Waals surface area (Å²) in [5, 5.41) is 5.44. The number of nitrogens with zero attached hydrogens (tertiary/aromatic N) is 3. The van der Waals surface area contributed by atoms with Crippen LogP contribution in [0.4, 0.5) is 31.7 Å². The Labute approximate surface area is 154 Å². The van der Waals surface area contributed by atoms with E-state index in [1.807, 2.05) is 31.1 Å². The number of hydrogen-bond acceptors (Lipinski definition) is 5. The number of carbonyl (C=O) groups excluding carboxylic acids is 1. The van der Waals surface area contributed by atoms with Crippen molar-refractivity contribution >= 4 is 28.8 Å². The van der Waals surface area contributed by atoms with E-state index in [0.29, 0.717) is 5.69 Å². The molecule has 1 heterocycles. The SMILES string of the molecule is CN(C)c1ccc(NC(=O)c2cc(Nc3ccc(F)cc3F)ncn2)cc1. The second kappa shape index (κ2) is 7.77. The van der Waals surface area contributed by atoms with Crippen LogP contribution in [0.3, 0.4) is 0 Å². The zero-order valence-electron chi connectivity index (χ0n) is 14.7. The third-order valence-electron chi connectivity index (χ3n) is 3.74. The quantitative estimate of drug-likeness (QED) is 0.716. The largest absolute Gasteiger partial charge is 0.378 e. The lowest BCUT2D eigenvalue weighted by Gasteiger charge is -2.13. The summed E-state index contributed by atoms with van der Waals surface area (Å²) in [6, 6.07) is 11.8. The van der Waals surface area contributed by atoms with Crippen molar-refractivity contribution in [3.8, 4) is 0 Å². The van der Waals surface area contributed by atoms with Gasteiger partial charge in [0.25, 0.3) is 5.91 Å². The lowest BCUT2D eigenvalue weighted by atomic mass is 10.2. The van der Waals surface area contributed by atoms with E-state index >= 15 is 0 Å². The highest BCUT2D eigenvalue weighted by molar-refractivity contribution is 6.03. The molecule has 3 aromatic rings. The maximum atomic E-state index is 13.7. The van der Waals surface area contributed by atoms with Crippen molar-refractivity contribution in [1.29, 1.82) is 0 Å². The second-order valence-electron chi connectivity index (χ2n) is 5.93. The maximum Gasteiger partial charge on any atom is 0.274 e. The molecule has 27 heavy (non-hydrogen) atoms. The normalized spacial score (nSPS) is 10.4. The average molecular weight is 369 g/mol. The summed E-state index contributed by atoms with van der Waals surface area (Å²) in [6.45, 7) is 0. The predicted octanol–water partition coefficient (Wildman–Crippen LogP) is 3.82. The number of anilines is 4. The minimum Gasteiger partial charge on any atom is -0.378 e. The molecule has 0 bridgehead atoms. The first-order valence-electron chi connectivity index (χ1n) is 8.05. The van der Waals surface area contributed by atoms with Crippen molar-refractivity contribution < 1.29 is 13.6 Å². The minimum atomic E-state index is -0.763. The topological polar surface area (TPSA) is 70.2 Å². The molecule has 0 aliphatic carbocycles. The van der Waals surface area contributed by atoms with Gasteiger partial charge in [0.1, 0.15) is 29.5 Å². The number of benzene rings is 2. The molecule has 2 N–H and O–H groups in total. The Morgan fingerprint density at radius 3 is 2.41 bits per heavy atom. The van der Waals surface area contributed by atoms with Crippen LogP contribution < -0.4 is 15.5 Å². The number of hydrogen-bond donors (Lipinski definition) is 2. The summed E-state index contributed by atoms with van der Waals surface area (Å²) in [7, 11) is 3.85. The first-order chi connectivity index (χ1) is 12.9. The van der Waals surface area contributed by atoms with Crippen molar-refractivity contribution in [1.82, 2.24) is 9.97 Å². The summed E-state index contributed by atoms with van der Waals surface area (Å²) in [6.07, 6.45) is 1.19. The Hall–Kier alpha value is -3.55. The number of nitrogens with one attached hydrogen (secondary N) is 2. The Morgan fingerprint density at radius 1 is 1.00 bits per heavy atom. The lowest BCUT2D eigenvalue weighted by molar-refractivity contribution is 0.102. The van der Waals surface area contributed by atoms with E-state index < -0.39 is 17.5 Å². The molecule has 3 rings (SSSR count). The van der Waals surface area contributed by atoms with E-state index in [0.717, 1.165) is 17.8 Å². The van der Waals surface area contributed by atoms with E-state index in [-0.39, 0.29) is 17.2 Å². The molecule has 0 saturated carbocycles. The molecule has 1 amide bonds. The zero-order chi connectivity index (χ0) is 19.4. The second-order valence-corrected chi connectivity index (χ2v) is 5.93. The fraction of sp³-hybridized carbons (Fsp3) is 0.105. The smallest absolute Gasteiger partial charge is 0.274 e. The van der Waals surface area contributed by atoms with Crippen molar-refractivity contribution in [2.45, 2.75) is 0 Å². The average Bonchev–Trinajstić information content (AvgIpc) is 2.65. The highest BCUT2D eigenvalue weighted by Gasteiger charge is 2.11. The third kappa shape index (κ3) is 4.55. The van der Waals surface area contributed by atoms with Gasteiger partial charge in [0.15, 0.2) is 0 Å². The van der Waals surface area contributed by atoms with Crippen LogP contribution in [-0.4, -0.2) is 30.0 Å². The van der Waals surface area contributed by atoms with Crippen LogP contribution in [0.5, 0.6) is 0 Å². The molecule has 138 valence electrons. The number of amides is 1. The highest BCUT2D eigenvalue weighted by Crippen LogP contribution is 2.20. The molecule has 0 atom stereocenters. The fourth-order valence-electron chi connectivity index (χ4n) is 2.32. The first-order valence-corrected chi connectivity index (χ1v) is 8.05. The molecule has 0 aliphatic rings. The molecule has 0 radical (unpaired) electrons. The number of halogens is 2. The van der Waals surface area contributed by atoms with Crippen molar-refractivity contribution in [3.63, 3.8) is 0 Å². The molecule has 0 saturated heterocycles. The van der Waals surface area contributed by atoms with Gasteiger partial charge in [0.05, 0.1) is 5.69 Å². The molecule has 0 spiro atoms. The van der Waals surface area contributed by atoms with Crippen molar-refractivity contribution in [2.75, 3.05) is 29.6 Å². The van der Waals surface area contributed by atoms with Crippen LogP contribution >= 0.6 is 0 Å². The summed E-state index contributed by atoms with van der Waals surface area (Å²) >= 11 is 0. The Kier molecular flexibility index (Phi) is 5.25. The standard InChI is InChI=1S/C19H17F2N5O/c1-26(2)14-6-4-13(5-7-14)24-19(27)17-10-18(23-11-22-17)25-16-8-3-12(20)9-15(16)21/h3-11H,1-2H3,(H,24,27)(H,22,23,25). The van der Waals surface area contributed by atoms with Gasteiger partial charge in [-0.2, -0.15) is 0 Å². The van der Waals surface area contributed by atoms with Crippen LogP contribution in [0.1, 0.15) is 10.5 Å². The monoisotopic (exact) mass is 369 g/mol. The summed E-state index contributed by atoms with van der Waals surface area (Å²) in [5.41, 5.74) is 1.76. The van der Waals surface area contributed by atoms with Crippen LogP contribution in [0.25, 0.3) is 0 Å². The van der Waals surface area contributed by atoms with Crippen molar-refractivity contribution in [3.05, 3.63) is 72.2 Å². The highest BCUT2D eigenvalue weighted by atomic mass is 19.1. The van der Waals surface area contributed by atoms with Crippen molar-refractivity contribution in [2.24, 2.45) is 0 Å². The third-order valence-corrected chi connectivity index (χ3v) is 3.74. The number of rotatable bonds is 5. The minimum absolute atomic E-state index is 0.0423. The number of carbonyl (C=O) groups is 1. The van der Waals surface area contributed by atoms with Gasteiger partial charge in [-0.1, -0.05) is 0 Å². The number of aromatic nitrogens is 2. The first kappa shape index (κ1) is 18.2. The fourth-order valence-corrected chi connectivity index (χ4v) is 2.32. The molecular formula is C19H17F2N5O. The molecule has 0 aliphatic heterocycles. The Balaban J connectivity index is 1.73. The summed E-state index contributed by atoms with van der Waals surface area (Å²) in [4.78, 5) is 22.2. The van der Waals surface area contributed by atoms with Crippen LogP contribution in [-0.2, 0) is 0 Å². The van der Waals surface area contributed by atoms with E-state index in [9.17, 15) is 13.6 Å². The van der Waals surface area contributed by atoms with Gasteiger partial charge in [-0.25, -0.2) is 18.7 Å². The molecule has 8 heteroatoms. The van der Waals surface area contributed by atoms with Gasteiger partial charge in [-0.3, -0.25) is 4.79 Å². The summed E-state index contributed by atoms with van der Waals surface area (Å²) < 4.78 is 26.7. The maximum absolute atomic E-state index is 13.7. The van der Waals surface area contributed by atoms with Gasteiger partial charge < -0.3 is 15.5 Å². The molecule has 0 fully saturated rings.